The Hall–Kier alpha value is -2.72. The number of carbonyl (C=O) groups excluding carboxylic acids is 2. The third-order valence-electron chi connectivity index (χ3n) is 5.17. The number of hydrogen-bond donors (Lipinski definition) is 1. The zero-order chi connectivity index (χ0) is 25.5. The van der Waals surface area contributed by atoms with E-state index in [4.69, 9.17) is 11.6 Å². The van der Waals surface area contributed by atoms with Crippen LogP contribution >= 0.6 is 11.6 Å². The molecule has 0 bridgehead atoms. The first-order valence-corrected chi connectivity index (χ1v) is 12.9. The van der Waals surface area contributed by atoms with Crippen LogP contribution in [0.2, 0.25) is 5.02 Å². The van der Waals surface area contributed by atoms with Crippen molar-refractivity contribution in [3.63, 3.8) is 0 Å². The molecule has 1 atom stereocenters. The summed E-state index contributed by atoms with van der Waals surface area (Å²) in [4.78, 5) is 27.1. The fraction of sp³-hybridized carbons (Fsp3) is 0.391. The van der Waals surface area contributed by atoms with Crippen LogP contribution in [0.4, 0.5) is 14.5 Å². The zero-order valence-corrected chi connectivity index (χ0v) is 20.8. The van der Waals surface area contributed by atoms with Crippen LogP contribution in [0.1, 0.15) is 32.3 Å². The number of benzene rings is 2. The predicted molar refractivity (Wildman–Crippen MR) is 128 cm³/mol. The van der Waals surface area contributed by atoms with Crippen molar-refractivity contribution in [2.75, 3.05) is 23.7 Å². The van der Waals surface area contributed by atoms with E-state index in [1.807, 2.05) is 6.92 Å². The average molecular weight is 516 g/mol. The number of nitrogens with zero attached hydrogens (tertiary/aromatic N) is 2. The molecule has 186 valence electrons. The van der Waals surface area contributed by atoms with Gasteiger partial charge in [0.25, 0.3) is 0 Å². The summed E-state index contributed by atoms with van der Waals surface area (Å²) in [5, 5.41) is 2.42. The molecule has 2 aromatic rings. The second-order valence-corrected chi connectivity index (χ2v) is 10.1. The van der Waals surface area contributed by atoms with E-state index in [-0.39, 0.29) is 22.8 Å². The highest BCUT2D eigenvalue weighted by molar-refractivity contribution is 7.92. The minimum Gasteiger partial charge on any atom is -0.354 e. The molecule has 0 heterocycles. The van der Waals surface area contributed by atoms with Gasteiger partial charge in [0.1, 0.15) is 24.2 Å². The Morgan fingerprint density at radius 1 is 1.12 bits per heavy atom. The zero-order valence-electron chi connectivity index (χ0n) is 19.2. The van der Waals surface area contributed by atoms with Gasteiger partial charge in [-0.3, -0.25) is 13.9 Å². The van der Waals surface area contributed by atoms with Gasteiger partial charge in [0.2, 0.25) is 21.8 Å². The van der Waals surface area contributed by atoms with Gasteiger partial charge in [0, 0.05) is 18.7 Å². The Bertz CT molecular complexity index is 1130. The van der Waals surface area contributed by atoms with Crippen molar-refractivity contribution in [1.29, 1.82) is 0 Å². The molecule has 2 amide bonds. The summed E-state index contributed by atoms with van der Waals surface area (Å²) in [5.41, 5.74) is 0.146. The van der Waals surface area contributed by atoms with Crippen molar-refractivity contribution in [2.45, 2.75) is 39.3 Å². The smallest absolute Gasteiger partial charge is 0.244 e. The minimum atomic E-state index is -3.99. The monoisotopic (exact) mass is 515 g/mol. The fourth-order valence-corrected chi connectivity index (χ4v) is 4.20. The van der Waals surface area contributed by atoms with Crippen LogP contribution in [0.15, 0.2) is 42.5 Å². The van der Waals surface area contributed by atoms with Crippen molar-refractivity contribution >= 4 is 39.1 Å². The molecule has 0 saturated carbocycles. The van der Waals surface area contributed by atoms with Crippen molar-refractivity contribution in [2.24, 2.45) is 0 Å². The Morgan fingerprint density at radius 3 is 2.38 bits per heavy atom. The number of halogens is 3. The molecule has 1 N–H and O–H groups in total. The molecular weight excluding hydrogens is 488 g/mol. The number of sulfonamides is 1. The lowest BCUT2D eigenvalue weighted by Gasteiger charge is -2.31. The Balaban J connectivity index is 2.38. The molecule has 34 heavy (non-hydrogen) atoms. The lowest BCUT2D eigenvalue weighted by molar-refractivity contribution is -0.139. The molecule has 0 aliphatic rings. The van der Waals surface area contributed by atoms with Crippen LogP contribution < -0.4 is 9.62 Å². The van der Waals surface area contributed by atoms with Gasteiger partial charge >= 0.3 is 0 Å². The van der Waals surface area contributed by atoms with Gasteiger partial charge in [-0.2, -0.15) is 0 Å². The summed E-state index contributed by atoms with van der Waals surface area (Å²) in [6, 6.07) is 8.04. The predicted octanol–water partition coefficient (Wildman–Crippen LogP) is 3.72. The maximum absolute atomic E-state index is 14.3. The van der Waals surface area contributed by atoms with E-state index in [1.165, 1.54) is 31.2 Å². The topological polar surface area (TPSA) is 86.8 Å². The highest BCUT2D eigenvalue weighted by atomic mass is 35.5. The third-order valence-corrected chi connectivity index (χ3v) is 6.60. The van der Waals surface area contributed by atoms with Crippen molar-refractivity contribution < 1.29 is 26.8 Å². The maximum Gasteiger partial charge on any atom is 0.244 e. The molecule has 0 aromatic heterocycles. The molecule has 0 fully saturated rings. The Kier molecular flexibility index (Phi) is 9.81. The second kappa shape index (κ2) is 12.1. The largest absolute Gasteiger partial charge is 0.354 e. The number of hydrogen-bond acceptors (Lipinski definition) is 4. The fourth-order valence-electron chi connectivity index (χ4n) is 3.18. The van der Waals surface area contributed by atoms with E-state index >= 15 is 0 Å². The van der Waals surface area contributed by atoms with Gasteiger partial charge in [-0.05, 0) is 37.6 Å². The Labute approximate surface area is 203 Å². The van der Waals surface area contributed by atoms with Gasteiger partial charge < -0.3 is 10.2 Å². The van der Waals surface area contributed by atoms with E-state index in [2.05, 4.69) is 5.32 Å². The summed E-state index contributed by atoms with van der Waals surface area (Å²) >= 11 is 5.80. The Morgan fingerprint density at radius 2 is 1.79 bits per heavy atom. The molecule has 0 aliphatic heterocycles. The number of anilines is 1. The first-order chi connectivity index (χ1) is 16.0. The number of amides is 2. The molecular formula is C23H28ClF2N3O4S. The molecule has 11 heteroatoms. The van der Waals surface area contributed by atoms with Crippen LogP contribution in [0, 0.1) is 11.6 Å². The summed E-state index contributed by atoms with van der Waals surface area (Å²) in [7, 11) is -3.99. The molecule has 0 saturated heterocycles. The van der Waals surface area contributed by atoms with Crippen molar-refractivity contribution in [3.05, 3.63) is 64.7 Å². The lowest BCUT2D eigenvalue weighted by Crippen LogP contribution is -2.51. The number of unbranched alkanes of at least 4 members (excludes halogenated alkanes) is 1. The normalized spacial score (nSPS) is 12.2. The van der Waals surface area contributed by atoms with Gasteiger partial charge in [0.05, 0.1) is 17.0 Å². The number of carbonyl (C=O) groups is 2. The van der Waals surface area contributed by atoms with Gasteiger partial charge in [-0.15, -0.1) is 0 Å². The number of nitrogens with one attached hydrogen (secondary N) is 1. The van der Waals surface area contributed by atoms with E-state index < -0.39 is 46.1 Å². The van der Waals surface area contributed by atoms with Crippen LogP contribution in [0.3, 0.4) is 0 Å². The quantitative estimate of drug-likeness (QED) is 0.462. The van der Waals surface area contributed by atoms with Gasteiger partial charge in [-0.1, -0.05) is 43.1 Å². The molecule has 0 unspecified atom stereocenters. The van der Waals surface area contributed by atoms with Gasteiger partial charge in [-0.25, -0.2) is 17.2 Å². The first kappa shape index (κ1) is 27.5. The van der Waals surface area contributed by atoms with Crippen LogP contribution in [0.25, 0.3) is 0 Å². The molecule has 0 aliphatic carbocycles. The van der Waals surface area contributed by atoms with E-state index in [1.54, 1.807) is 6.07 Å². The molecule has 7 nitrogen and oxygen atoms in total. The van der Waals surface area contributed by atoms with E-state index in [0.717, 1.165) is 40.4 Å². The number of rotatable bonds is 11. The van der Waals surface area contributed by atoms with Gasteiger partial charge in [0.15, 0.2) is 0 Å². The molecule has 2 aromatic carbocycles. The van der Waals surface area contributed by atoms with Crippen molar-refractivity contribution in [1.82, 2.24) is 10.2 Å². The van der Waals surface area contributed by atoms with E-state index in [0.29, 0.717) is 6.54 Å². The van der Waals surface area contributed by atoms with Crippen LogP contribution in [0.5, 0.6) is 0 Å². The van der Waals surface area contributed by atoms with Crippen LogP contribution in [-0.4, -0.2) is 50.5 Å². The summed E-state index contributed by atoms with van der Waals surface area (Å²) in [6.07, 6.45) is 2.49. The maximum atomic E-state index is 14.3. The summed E-state index contributed by atoms with van der Waals surface area (Å²) in [6.45, 7) is 2.91. The SMILES string of the molecule is CCCCNC(=O)[C@@H](C)N(Cc1ccccc1F)C(=O)CN(c1ccc(F)c(Cl)c1)S(C)(=O)=O. The minimum absolute atomic E-state index is 0.0202. The highest BCUT2D eigenvalue weighted by Crippen LogP contribution is 2.25. The van der Waals surface area contributed by atoms with Crippen molar-refractivity contribution in [3.8, 4) is 0 Å². The van der Waals surface area contributed by atoms with Crippen LogP contribution in [-0.2, 0) is 26.2 Å². The lowest BCUT2D eigenvalue weighted by atomic mass is 10.1. The van der Waals surface area contributed by atoms with E-state index in [9.17, 15) is 26.8 Å². The first-order valence-electron chi connectivity index (χ1n) is 10.7. The molecule has 0 spiro atoms. The summed E-state index contributed by atoms with van der Waals surface area (Å²) in [5.74, 6) is -2.51. The average Bonchev–Trinajstić information content (AvgIpc) is 2.77. The standard InChI is InChI=1S/C23H28ClF2N3O4S/c1-4-5-12-27-23(31)16(2)28(14-17-8-6-7-9-20(17)25)22(30)15-29(34(3,32)33)18-10-11-21(26)19(24)13-18/h6-11,13,16H,4-5,12,14-15H2,1-3H3,(H,27,31)/t16-/m1/s1. The highest BCUT2D eigenvalue weighted by Gasteiger charge is 2.30. The molecule has 2 rings (SSSR count). The summed E-state index contributed by atoms with van der Waals surface area (Å²) < 4.78 is 53.6. The molecule has 0 radical (unpaired) electrons. The third kappa shape index (κ3) is 7.39. The second-order valence-electron chi connectivity index (χ2n) is 7.80.